The first-order chi connectivity index (χ1) is 4.22. The molecule has 0 heterocycles. The maximum Gasteiger partial charge on any atom is 0.231 e. The second-order valence-electron chi connectivity index (χ2n) is 1.11. The summed E-state index contributed by atoms with van der Waals surface area (Å²) in [5, 5.41) is 15.1. The minimum Gasteiger partial charge on any atom is -0.283 e. The Kier molecular flexibility index (Phi) is 11.6. The summed E-state index contributed by atoms with van der Waals surface area (Å²) in [7, 11) is 0. The Bertz CT molecular complexity index is 149. The Balaban J connectivity index is 0. The first kappa shape index (κ1) is 10.6. The zero-order valence-electron chi connectivity index (χ0n) is 5.51. The highest BCUT2D eigenvalue weighted by Gasteiger charge is 1.86. The third kappa shape index (κ3) is 20.5. The summed E-state index contributed by atoms with van der Waals surface area (Å²) < 4.78 is 0. The molecule has 0 rings (SSSR count). The SMILES string of the molecule is CC#N.CCC(=O)C#N. The van der Waals surface area contributed by atoms with Crippen LogP contribution in [-0.2, 0) is 4.79 Å². The molecule has 0 aliphatic heterocycles. The molecule has 0 saturated heterocycles. The van der Waals surface area contributed by atoms with E-state index in [4.69, 9.17) is 10.5 Å². The van der Waals surface area contributed by atoms with Crippen LogP contribution in [0.3, 0.4) is 0 Å². The van der Waals surface area contributed by atoms with Gasteiger partial charge in [0.2, 0.25) is 5.78 Å². The number of ketones is 1. The molecule has 0 radical (unpaired) electrons. The van der Waals surface area contributed by atoms with E-state index in [0.29, 0.717) is 6.42 Å². The highest BCUT2D eigenvalue weighted by Crippen LogP contribution is 1.72. The van der Waals surface area contributed by atoms with Crippen molar-refractivity contribution < 1.29 is 4.79 Å². The molecule has 0 fully saturated rings. The minimum atomic E-state index is -0.352. The molecule has 0 spiro atoms. The van der Waals surface area contributed by atoms with Gasteiger partial charge in [-0.05, 0) is 0 Å². The molecule has 0 atom stereocenters. The van der Waals surface area contributed by atoms with Gasteiger partial charge in [0, 0.05) is 13.3 Å². The highest BCUT2D eigenvalue weighted by atomic mass is 16.1. The van der Waals surface area contributed by atoms with Gasteiger partial charge in [-0.1, -0.05) is 6.92 Å². The van der Waals surface area contributed by atoms with E-state index >= 15 is 0 Å². The molecule has 0 amide bonds. The number of carbonyl (C=O) groups excluding carboxylic acids is 1. The van der Waals surface area contributed by atoms with E-state index in [0.717, 1.165) is 0 Å². The summed E-state index contributed by atoms with van der Waals surface area (Å²) >= 11 is 0. The second kappa shape index (κ2) is 9.82. The van der Waals surface area contributed by atoms with Crippen molar-refractivity contribution >= 4 is 5.78 Å². The van der Waals surface area contributed by atoms with E-state index in [2.05, 4.69) is 0 Å². The molecule has 3 heteroatoms. The van der Waals surface area contributed by atoms with Crippen LogP contribution in [0.1, 0.15) is 20.3 Å². The summed E-state index contributed by atoms with van der Waals surface area (Å²) in [6, 6.07) is 3.23. The van der Waals surface area contributed by atoms with Gasteiger partial charge in [-0.3, -0.25) is 4.79 Å². The fraction of sp³-hybridized carbons (Fsp3) is 0.500. The van der Waals surface area contributed by atoms with E-state index in [1.807, 2.05) is 0 Å². The molecule has 3 nitrogen and oxygen atoms in total. The molecule has 0 aliphatic carbocycles. The van der Waals surface area contributed by atoms with E-state index in [1.54, 1.807) is 13.0 Å². The first-order valence-corrected chi connectivity index (χ1v) is 2.46. The van der Waals surface area contributed by atoms with Gasteiger partial charge in [-0.25, -0.2) is 0 Å². The van der Waals surface area contributed by atoms with Gasteiger partial charge >= 0.3 is 0 Å². The maximum absolute atomic E-state index is 9.82. The third-order valence-electron chi connectivity index (χ3n) is 0.446. The Morgan fingerprint density at radius 2 is 1.89 bits per heavy atom. The topological polar surface area (TPSA) is 64.7 Å². The minimum absolute atomic E-state index is 0.330. The molecular weight excluding hydrogens is 116 g/mol. The Morgan fingerprint density at radius 1 is 1.56 bits per heavy atom. The Hall–Kier alpha value is -1.35. The van der Waals surface area contributed by atoms with E-state index < -0.39 is 0 Å². The summed E-state index contributed by atoms with van der Waals surface area (Å²) in [6.45, 7) is 3.09. The van der Waals surface area contributed by atoms with Crippen molar-refractivity contribution in [1.29, 1.82) is 10.5 Å². The molecule has 0 N–H and O–H groups in total. The Morgan fingerprint density at radius 3 is 1.89 bits per heavy atom. The lowest BCUT2D eigenvalue weighted by Gasteiger charge is -1.68. The summed E-state index contributed by atoms with van der Waals surface area (Å²) in [5.74, 6) is -0.352. The van der Waals surface area contributed by atoms with E-state index in [9.17, 15) is 4.79 Å². The van der Waals surface area contributed by atoms with Crippen molar-refractivity contribution in [2.75, 3.05) is 0 Å². The van der Waals surface area contributed by atoms with Gasteiger partial charge in [0.15, 0.2) is 0 Å². The molecule has 0 saturated carbocycles. The molecule has 48 valence electrons. The predicted molar refractivity (Wildman–Crippen MR) is 32.2 cm³/mol. The summed E-state index contributed by atoms with van der Waals surface area (Å²) in [6.07, 6.45) is 0.330. The fourth-order valence-corrected chi connectivity index (χ4v) is 0.0791. The number of nitrogens with zero attached hydrogens (tertiary/aromatic N) is 2. The highest BCUT2D eigenvalue weighted by molar-refractivity contribution is 5.92. The lowest BCUT2D eigenvalue weighted by molar-refractivity contribution is -0.113. The second-order valence-corrected chi connectivity index (χ2v) is 1.11. The zero-order valence-corrected chi connectivity index (χ0v) is 5.51. The lowest BCUT2D eigenvalue weighted by atomic mass is 10.3. The van der Waals surface area contributed by atoms with Gasteiger partial charge in [0.1, 0.15) is 6.07 Å². The number of nitriles is 2. The quantitative estimate of drug-likeness (QED) is 0.490. The van der Waals surface area contributed by atoms with Crippen molar-refractivity contribution in [2.45, 2.75) is 20.3 Å². The van der Waals surface area contributed by atoms with Gasteiger partial charge in [0.05, 0.1) is 6.07 Å². The van der Waals surface area contributed by atoms with Crippen LogP contribution in [0.2, 0.25) is 0 Å². The number of hydrogen-bond acceptors (Lipinski definition) is 3. The molecule has 0 aromatic heterocycles. The smallest absolute Gasteiger partial charge is 0.231 e. The van der Waals surface area contributed by atoms with Gasteiger partial charge in [0.25, 0.3) is 0 Å². The van der Waals surface area contributed by atoms with Crippen LogP contribution >= 0.6 is 0 Å². The van der Waals surface area contributed by atoms with Gasteiger partial charge < -0.3 is 0 Å². The molecule has 0 aromatic rings. The van der Waals surface area contributed by atoms with Crippen molar-refractivity contribution in [1.82, 2.24) is 0 Å². The average molecular weight is 124 g/mol. The van der Waals surface area contributed by atoms with Crippen LogP contribution < -0.4 is 0 Å². The van der Waals surface area contributed by atoms with Gasteiger partial charge in [-0.15, -0.1) is 0 Å². The number of carbonyl (C=O) groups is 1. The van der Waals surface area contributed by atoms with Crippen molar-refractivity contribution in [3.05, 3.63) is 0 Å². The van der Waals surface area contributed by atoms with Crippen LogP contribution in [0, 0.1) is 22.7 Å². The van der Waals surface area contributed by atoms with Crippen LogP contribution in [0.15, 0.2) is 0 Å². The van der Waals surface area contributed by atoms with Crippen molar-refractivity contribution in [2.24, 2.45) is 0 Å². The van der Waals surface area contributed by atoms with Gasteiger partial charge in [-0.2, -0.15) is 10.5 Å². The number of rotatable bonds is 1. The maximum atomic E-state index is 9.82. The van der Waals surface area contributed by atoms with Crippen molar-refractivity contribution in [3.8, 4) is 12.1 Å². The van der Waals surface area contributed by atoms with Crippen LogP contribution in [0.5, 0.6) is 0 Å². The first-order valence-electron chi connectivity index (χ1n) is 2.46. The standard InChI is InChI=1S/C4H5NO.C2H3N/c1-2-4(6)3-5;1-2-3/h2H2,1H3;1H3. The average Bonchev–Trinajstić information content (AvgIpc) is 1.88. The molecule has 0 unspecified atom stereocenters. The normalized spacial score (nSPS) is 5.33. The molecule has 9 heavy (non-hydrogen) atoms. The molecular formula is C6H8N2O. The predicted octanol–water partition coefficient (Wildman–Crippen LogP) is 1.02. The summed E-state index contributed by atoms with van der Waals surface area (Å²) in [5.41, 5.74) is 0. The number of hydrogen-bond donors (Lipinski definition) is 0. The largest absolute Gasteiger partial charge is 0.283 e. The molecule has 0 aliphatic rings. The van der Waals surface area contributed by atoms with Crippen LogP contribution in [0.25, 0.3) is 0 Å². The third-order valence-corrected chi connectivity index (χ3v) is 0.446. The fourth-order valence-electron chi connectivity index (χ4n) is 0.0791. The van der Waals surface area contributed by atoms with Crippen LogP contribution in [0.4, 0.5) is 0 Å². The van der Waals surface area contributed by atoms with E-state index in [-0.39, 0.29) is 5.78 Å². The zero-order chi connectivity index (χ0) is 7.70. The number of Topliss-reactive ketones (excluding diaryl/α,β-unsaturated/α-hetero) is 1. The Labute approximate surface area is 54.5 Å². The van der Waals surface area contributed by atoms with Crippen molar-refractivity contribution in [3.63, 3.8) is 0 Å². The van der Waals surface area contributed by atoms with Crippen LogP contribution in [-0.4, -0.2) is 5.78 Å². The molecule has 0 bridgehead atoms. The summed E-state index contributed by atoms with van der Waals surface area (Å²) in [4.78, 5) is 9.82. The lowest BCUT2D eigenvalue weighted by Crippen LogP contribution is -1.84. The molecule has 0 aromatic carbocycles. The monoisotopic (exact) mass is 124 g/mol. The van der Waals surface area contributed by atoms with E-state index in [1.165, 1.54) is 13.0 Å².